The highest BCUT2D eigenvalue weighted by Gasteiger charge is 2.22. The molecule has 0 spiro atoms. The Bertz CT molecular complexity index is 434. The van der Waals surface area contributed by atoms with Crippen LogP contribution >= 0.6 is 0 Å². The lowest BCUT2D eigenvalue weighted by molar-refractivity contribution is -0.138. The molecule has 5 nitrogen and oxygen atoms in total. The van der Waals surface area contributed by atoms with Gasteiger partial charge in [0.2, 0.25) is 0 Å². The molecule has 1 N–H and O–H groups in total. The maximum absolute atomic E-state index is 10.7. The normalized spacial score (nSPS) is 17.8. The quantitative estimate of drug-likeness (QED) is 0.883. The van der Waals surface area contributed by atoms with Gasteiger partial charge in [-0.2, -0.15) is 5.10 Å². The molecule has 1 fully saturated rings. The molecular formula is C14H23N3O2. The summed E-state index contributed by atoms with van der Waals surface area (Å²) < 4.78 is 2.05. The number of carboxylic acids is 1. The number of hydrogen-bond donors (Lipinski definition) is 1. The van der Waals surface area contributed by atoms with E-state index in [1.165, 1.54) is 5.69 Å². The fourth-order valence-corrected chi connectivity index (χ4v) is 2.82. The van der Waals surface area contributed by atoms with E-state index in [2.05, 4.69) is 27.7 Å². The Hall–Kier alpha value is -1.36. The molecule has 0 aliphatic carbocycles. The third-order valence-electron chi connectivity index (χ3n) is 3.84. The van der Waals surface area contributed by atoms with Crippen LogP contribution in [0.4, 0.5) is 0 Å². The summed E-state index contributed by atoms with van der Waals surface area (Å²) in [5, 5.41) is 13.3. The summed E-state index contributed by atoms with van der Waals surface area (Å²) in [5.41, 5.74) is 2.33. The van der Waals surface area contributed by atoms with E-state index in [1.54, 1.807) is 0 Å². The zero-order valence-corrected chi connectivity index (χ0v) is 11.8. The Kier molecular flexibility index (Phi) is 4.58. The molecule has 106 valence electrons. The number of aryl methyl sites for hydroxylation is 2. The second-order valence-corrected chi connectivity index (χ2v) is 5.41. The van der Waals surface area contributed by atoms with Crippen LogP contribution in [0.15, 0.2) is 6.07 Å². The number of aromatic nitrogens is 2. The zero-order chi connectivity index (χ0) is 13.8. The standard InChI is InChI=1S/C14H23N3O2/c1-3-17-13(8-11(2)15-17)10-16-6-4-12(5-7-16)9-14(18)19/h8,12H,3-7,9-10H2,1-2H3,(H,18,19). The Balaban J connectivity index is 1.86. The Labute approximate surface area is 114 Å². The van der Waals surface area contributed by atoms with Crippen molar-refractivity contribution in [2.45, 2.75) is 46.2 Å². The molecule has 1 aromatic heterocycles. The predicted molar refractivity (Wildman–Crippen MR) is 72.9 cm³/mol. The lowest BCUT2D eigenvalue weighted by Gasteiger charge is -2.31. The van der Waals surface area contributed by atoms with E-state index in [0.717, 1.165) is 44.7 Å². The number of piperidine rings is 1. The number of aliphatic carboxylic acids is 1. The van der Waals surface area contributed by atoms with Crippen molar-refractivity contribution in [3.05, 3.63) is 17.5 Å². The predicted octanol–water partition coefficient (Wildman–Crippen LogP) is 1.90. The van der Waals surface area contributed by atoms with Crippen molar-refractivity contribution in [1.82, 2.24) is 14.7 Å². The Morgan fingerprint density at radius 2 is 2.16 bits per heavy atom. The summed E-state index contributed by atoms with van der Waals surface area (Å²) in [6.07, 6.45) is 2.30. The van der Waals surface area contributed by atoms with E-state index in [9.17, 15) is 4.79 Å². The summed E-state index contributed by atoms with van der Waals surface area (Å²) in [5.74, 6) is -0.315. The minimum Gasteiger partial charge on any atom is -0.481 e. The third kappa shape index (κ3) is 3.80. The van der Waals surface area contributed by atoms with Crippen molar-refractivity contribution < 1.29 is 9.90 Å². The summed E-state index contributed by atoms with van der Waals surface area (Å²) in [4.78, 5) is 13.1. The van der Waals surface area contributed by atoms with Crippen LogP contribution in [0.3, 0.4) is 0 Å². The minimum absolute atomic E-state index is 0.319. The van der Waals surface area contributed by atoms with Gasteiger partial charge in [-0.15, -0.1) is 0 Å². The third-order valence-corrected chi connectivity index (χ3v) is 3.84. The molecule has 0 bridgehead atoms. The lowest BCUT2D eigenvalue weighted by atomic mass is 9.93. The molecule has 0 amide bonds. The van der Waals surface area contributed by atoms with Gasteiger partial charge in [0.15, 0.2) is 0 Å². The molecule has 2 heterocycles. The molecule has 0 atom stereocenters. The highest BCUT2D eigenvalue weighted by Crippen LogP contribution is 2.22. The fourth-order valence-electron chi connectivity index (χ4n) is 2.82. The highest BCUT2D eigenvalue weighted by atomic mass is 16.4. The monoisotopic (exact) mass is 265 g/mol. The van der Waals surface area contributed by atoms with Crippen molar-refractivity contribution in [2.75, 3.05) is 13.1 Å². The molecule has 1 aromatic rings. The number of carbonyl (C=O) groups is 1. The fraction of sp³-hybridized carbons (Fsp3) is 0.714. The summed E-state index contributed by atoms with van der Waals surface area (Å²) in [6.45, 7) is 7.94. The molecule has 0 aromatic carbocycles. The van der Waals surface area contributed by atoms with Crippen LogP contribution < -0.4 is 0 Å². The molecule has 1 saturated heterocycles. The first kappa shape index (κ1) is 14.1. The van der Waals surface area contributed by atoms with Gasteiger partial charge >= 0.3 is 5.97 Å². The average molecular weight is 265 g/mol. The van der Waals surface area contributed by atoms with Gasteiger partial charge in [0.25, 0.3) is 0 Å². The van der Waals surface area contributed by atoms with Gasteiger partial charge in [0, 0.05) is 19.5 Å². The molecule has 5 heteroatoms. The highest BCUT2D eigenvalue weighted by molar-refractivity contribution is 5.67. The van der Waals surface area contributed by atoms with Crippen LogP contribution in [0.25, 0.3) is 0 Å². The van der Waals surface area contributed by atoms with Gasteiger partial charge in [-0.25, -0.2) is 0 Å². The van der Waals surface area contributed by atoms with Crippen LogP contribution in [0.5, 0.6) is 0 Å². The zero-order valence-electron chi connectivity index (χ0n) is 11.8. The first-order chi connectivity index (χ1) is 9.08. The molecule has 0 unspecified atom stereocenters. The van der Waals surface area contributed by atoms with Gasteiger partial charge in [0.05, 0.1) is 11.4 Å². The van der Waals surface area contributed by atoms with Gasteiger partial charge < -0.3 is 5.11 Å². The van der Waals surface area contributed by atoms with E-state index < -0.39 is 5.97 Å². The van der Waals surface area contributed by atoms with Crippen LogP contribution in [0, 0.1) is 12.8 Å². The van der Waals surface area contributed by atoms with E-state index in [1.807, 2.05) is 6.92 Å². The number of rotatable bonds is 5. The van der Waals surface area contributed by atoms with Crippen molar-refractivity contribution >= 4 is 5.97 Å². The molecular weight excluding hydrogens is 242 g/mol. The number of nitrogens with zero attached hydrogens (tertiary/aromatic N) is 3. The van der Waals surface area contributed by atoms with Gasteiger partial charge in [-0.05, 0) is 51.8 Å². The molecule has 0 saturated carbocycles. The van der Waals surface area contributed by atoms with Gasteiger partial charge in [-0.3, -0.25) is 14.4 Å². The first-order valence-corrected chi connectivity index (χ1v) is 7.06. The minimum atomic E-state index is -0.668. The summed E-state index contributed by atoms with van der Waals surface area (Å²) in [6, 6.07) is 2.15. The Morgan fingerprint density at radius 3 is 2.74 bits per heavy atom. The summed E-state index contributed by atoms with van der Waals surface area (Å²) >= 11 is 0. The smallest absolute Gasteiger partial charge is 0.303 e. The van der Waals surface area contributed by atoms with E-state index in [4.69, 9.17) is 5.11 Å². The molecule has 0 radical (unpaired) electrons. The molecule has 19 heavy (non-hydrogen) atoms. The Morgan fingerprint density at radius 1 is 1.47 bits per heavy atom. The molecule has 1 aliphatic heterocycles. The first-order valence-electron chi connectivity index (χ1n) is 7.06. The van der Waals surface area contributed by atoms with E-state index >= 15 is 0 Å². The van der Waals surface area contributed by atoms with Crippen LogP contribution in [-0.4, -0.2) is 38.8 Å². The number of likely N-dealkylation sites (tertiary alicyclic amines) is 1. The van der Waals surface area contributed by atoms with Gasteiger partial charge in [0.1, 0.15) is 0 Å². The second-order valence-electron chi connectivity index (χ2n) is 5.41. The lowest BCUT2D eigenvalue weighted by Crippen LogP contribution is -2.34. The van der Waals surface area contributed by atoms with Crippen LogP contribution in [0.2, 0.25) is 0 Å². The van der Waals surface area contributed by atoms with Crippen molar-refractivity contribution in [2.24, 2.45) is 5.92 Å². The maximum atomic E-state index is 10.7. The average Bonchev–Trinajstić information content (AvgIpc) is 2.71. The van der Waals surface area contributed by atoms with E-state index in [0.29, 0.717) is 12.3 Å². The van der Waals surface area contributed by atoms with Crippen LogP contribution in [-0.2, 0) is 17.9 Å². The van der Waals surface area contributed by atoms with E-state index in [-0.39, 0.29) is 0 Å². The number of hydrogen-bond acceptors (Lipinski definition) is 3. The second kappa shape index (κ2) is 6.19. The molecule has 2 rings (SSSR count). The number of carboxylic acid groups (broad SMARTS) is 1. The SMILES string of the molecule is CCn1nc(C)cc1CN1CCC(CC(=O)O)CC1. The maximum Gasteiger partial charge on any atom is 0.303 e. The van der Waals surface area contributed by atoms with Crippen molar-refractivity contribution in [3.8, 4) is 0 Å². The van der Waals surface area contributed by atoms with Crippen molar-refractivity contribution in [1.29, 1.82) is 0 Å². The van der Waals surface area contributed by atoms with Gasteiger partial charge in [-0.1, -0.05) is 0 Å². The van der Waals surface area contributed by atoms with Crippen LogP contribution in [0.1, 0.15) is 37.6 Å². The van der Waals surface area contributed by atoms with Crippen molar-refractivity contribution in [3.63, 3.8) is 0 Å². The topological polar surface area (TPSA) is 58.4 Å². The molecule has 1 aliphatic rings. The largest absolute Gasteiger partial charge is 0.481 e. The summed E-state index contributed by atoms with van der Waals surface area (Å²) in [7, 11) is 0.